The van der Waals surface area contributed by atoms with Crippen molar-refractivity contribution in [1.82, 2.24) is 9.78 Å². The molecule has 1 aliphatic heterocycles. The number of aryl methyl sites for hydroxylation is 1. The topological polar surface area (TPSA) is 94.5 Å². The number of nitrogens with one attached hydrogen (secondary N) is 2. The van der Waals surface area contributed by atoms with Crippen molar-refractivity contribution in [2.24, 2.45) is 0 Å². The third-order valence-corrected chi connectivity index (χ3v) is 5.49. The fraction of sp³-hybridized carbons (Fsp3) is 0.292. The van der Waals surface area contributed by atoms with Crippen LogP contribution in [0, 0.1) is 0 Å². The van der Waals surface area contributed by atoms with E-state index in [0.29, 0.717) is 22.9 Å². The summed E-state index contributed by atoms with van der Waals surface area (Å²) in [5, 5.41) is 10.4. The van der Waals surface area contributed by atoms with E-state index in [1.54, 1.807) is 18.9 Å². The SMILES string of the molecule is CCc1ccc(NC(=O)CC2C(=O)Nc3c(-c4cccc(OC)c4)c(COC)nn32)cc1. The Balaban J connectivity index is 1.60. The van der Waals surface area contributed by atoms with Gasteiger partial charge in [-0.15, -0.1) is 0 Å². The molecule has 0 saturated heterocycles. The lowest BCUT2D eigenvalue weighted by Crippen LogP contribution is -2.24. The maximum atomic E-state index is 12.7. The normalized spacial score (nSPS) is 14.7. The Morgan fingerprint density at radius 3 is 2.66 bits per heavy atom. The number of anilines is 2. The monoisotopic (exact) mass is 434 g/mol. The van der Waals surface area contributed by atoms with E-state index in [0.717, 1.165) is 17.5 Å². The van der Waals surface area contributed by atoms with E-state index in [-0.39, 0.29) is 24.8 Å². The molecule has 32 heavy (non-hydrogen) atoms. The van der Waals surface area contributed by atoms with Gasteiger partial charge in [0, 0.05) is 12.8 Å². The molecule has 166 valence electrons. The Bertz CT molecular complexity index is 1140. The number of ether oxygens (including phenoxy) is 2. The van der Waals surface area contributed by atoms with Gasteiger partial charge in [-0.2, -0.15) is 5.10 Å². The number of amides is 2. The molecule has 1 atom stereocenters. The van der Waals surface area contributed by atoms with E-state index in [1.807, 2.05) is 48.5 Å². The molecule has 8 nitrogen and oxygen atoms in total. The first-order valence-electron chi connectivity index (χ1n) is 10.5. The number of fused-ring (bicyclic) bond motifs is 1. The van der Waals surface area contributed by atoms with Gasteiger partial charge in [0.05, 0.1) is 31.4 Å². The lowest BCUT2D eigenvalue weighted by molar-refractivity contribution is -0.123. The van der Waals surface area contributed by atoms with Crippen LogP contribution in [-0.2, 0) is 27.4 Å². The van der Waals surface area contributed by atoms with E-state index < -0.39 is 6.04 Å². The summed E-state index contributed by atoms with van der Waals surface area (Å²) in [6.07, 6.45) is 0.901. The molecule has 2 amide bonds. The molecule has 2 aromatic carbocycles. The number of methoxy groups -OCH3 is 2. The molecule has 0 aliphatic carbocycles. The number of hydrogen-bond donors (Lipinski definition) is 2. The van der Waals surface area contributed by atoms with Gasteiger partial charge in [0.25, 0.3) is 5.91 Å². The van der Waals surface area contributed by atoms with Gasteiger partial charge in [-0.05, 0) is 41.8 Å². The second-order valence-corrected chi connectivity index (χ2v) is 7.59. The van der Waals surface area contributed by atoms with Crippen LogP contribution in [-0.4, -0.2) is 35.8 Å². The molecular weight excluding hydrogens is 408 g/mol. The highest BCUT2D eigenvalue weighted by atomic mass is 16.5. The minimum atomic E-state index is -0.741. The molecule has 2 heterocycles. The lowest BCUT2D eigenvalue weighted by atomic mass is 10.1. The van der Waals surface area contributed by atoms with Gasteiger partial charge >= 0.3 is 0 Å². The first-order valence-corrected chi connectivity index (χ1v) is 10.5. The van der Waals surface area contributed by atoms with Gasteiger partial charge < -0.3 is 20.1 Å². The summed E-state index contributed by atoms with van der Waals surface area (Å²) in [7, 11) is 3.19. The summed E-state index contributed by atoms with van der Waals surface area (Å²) >= 11 is 0. The van der Waals surface area contributed by atoms with Crippen LogP contribution in [0.25, 0.3) is 11.1 Å². The van der Waals surface area contributed by atoms with Gasteiger partial charge in [-0.3, -0.25) is 9.59 Å². The number of hydrogen-bond acceptors (Lipinski definition) is 5. The van der Waals surface area contributed by atoms with E-state index in [9.17, 15) is 9.59 Å². The minimum Gasteiger partial charge on any atom is -0.497 e. The number of carbonyl (C=O) groups excluding carboxylic acids is 2. The van der Waals surface area contributed by atoms with Crippen molar-refractivity contribution in [2.75, 3.05) is 24.9 Å². The van der Waals surface area contributed by atoms with Gasteiger partial charge in [0.2, 0.25) is 5.91 Å². The highest BCUT2D eigenvalue weighted by Gasteiger charge is 2.37. The van der Waals surface area contributed by atoms with Crippen LogP contribution >= 0.6 is 0 Å². The zero-order chi connectivity index (χ0) is 22.7. The predicted molar refractivity (Wildman–Crippen MR) is 122 cm³/mol. The summed E-state index contributed by atoms with van der Waals surface area (Å²) in [4.78, 5) is 25.4. The highest BCUT2D eigenvalue weighted by molar-refractivity contribution is 6.04. The molecule has 0 fully saturated rings. The molecule has 0 spiro atoms. The highest BCUT2D eigenvalue weighted by Crippen LogP contribution is 2.39. The van der Waals surface area contributed by atoms with Crippen molar-refractivity contribution in [3.63, 3.8) is 0 Å². The standard InChI is InChI=1S/C24H26N4O4/c1-4-15-8-10-17(11-9-15)25-21(29)13-20-24(30)26-23-22(19(14-31-2)27-28(20)23)16-6-5-7-18(12-16)32-3/h5-12,20H,4,13-14H2,1-3H3,(H,25,29)(H,26,30). The number of carbonyl (C=O) groups is 2. The van der Waals surface area contributed by atoms with Crippen LogP contribution in [0.3, 0.4) is 0 Å². The van der Waals surface area contributed by atoms with Crippen molar-refractivity contribution in [3.05, 3.63) is 59.8 Å². The summed E-state index contributed by atoms with van der Waals surface area (Å²) in [5.41, 5.74) is 4.17. The van der Waals surface area contributed by atoms with Gasteiger partial charge in [0.15, 0.2) is 0 Å². The van der Waals surface area contributed by atoms with Crippen LogP contribution in [0.1, 0.15) is 30.6 Å². The summed E-state index contributed by atoms with van der Waals surface area (Å²) < 4.78 is 12.3. The van der Waals surface area contributed by atoms with Crippen LogP contribution in [0.15, 0.2) is 48.5 Å². The van der Waals surface area contributed by atoms with Gasteiger partial charge in [0.1, 0.15) is 17.6 Å². The molecule has 0 saturated carbocycles. The molecule has 2 N–H and O–H groups in total. The van der Waals surface area contributed by atoms with Crippen LogP contribution in [0.2, 0.25) is 0 Å². The van der Waals surface area contributed by atoms with Crippen LogP contribution < -0.4 is 15.4 Å². The largest absolute Gasteiger partial charge is 0.497 e. The average molecular weight is 434 g/mol. The summed E-state index contributed by atoms with van der Waals surface area (Å²) in [6, 6.07) is 14.5. The Labute approximate surface area is 186 Å². The first-order chi connectivity index (χ1) is 15.5. The fourth-order valence-electron chi connectivity index (χ4n) is 3.85. The molecule has 1 aliphatic rings. The molecular formula is C24H26N4O4. The first kappa shape index (κ1) is 21.6. The van der Waals surface area contributed by atoms with Crippen molar-refractivity contribution < 1.29 is 19.1 Å². The zero-order valence-electron chi connectivity index (χ0n) is 18.3. The zero-order valence-corrected chi connectivity index (χ0v) is 18.3. The van der Waals surface area contributed by atoms with Crippen molar-refractivity contribution in [1.29, 1.82) is 0 Å². The maximum Gasteiger partial charge on any atom is 0.251 e. The second-order valence-electron chi connectivity index (χ2n) is 7.59. The second kappa shape index (κ2) is 9.23. The molecule has 3 aromatic rings. The Morgan fingerprint density at radius 1 is 1.19 bits per heavy atom. The Hall–Kier alpha value is -3.65. The third kappa shape index (κ3) is 4.22. The number of rotatable bonds is 8. The lowest BCUT2D eigenvalue weighted by Gasteiger charge is -2.10. The quantitative estimate of drug-likeness (QED) is 0.563. The number of benzene rings is 2. The number of nitrogens with zero attached hydrogens (tertiary/aromatic N) is 2. The van der Waals surface area contributed by atoms with E-state index in [2.05, 4.69) is 22.7 Å². The van der Waals surface area contributed by atoms with Crippen molar-refractivity contribution in [2.45, 2.75) is 32.4 Å². The number of aromatic nitrogens is 2. The molecule has 0 bridgehead atoms. The van der Waals surface area contributed by atoms with Crippen molar-refractivity contribution >= 4 is 23.3 Å². The Kier molecular flexibility index (Phi) is 6.23. The average Bonchev–Trinajstić information content (AvgIpc) is 3.29. The van der Waals surface area contributed by atoms with Gasteiger partial charge in [-0.1, -0.05) is 31.2 Å². The van der Waals surface area contributed by atoms with Gasteiger partial charge in [-0.25, -0.2) is 4.68 Å². The molecule has 4 rings (SSSR count). The Morgan fingerprint density at radius 2 is 1.97 bits per heavy atom. The minimum absolute atomic E-state index is 0.0278. The smallest absolute Gasteiger partial charge is 0.251 e. The third-order valence-electron chi connectivity index (χ3n) is 5.49. The fourth-order valence-corrected chi connectivity index (χ4v) is 3.85. The van der Waals surface area contributed by atoms with Crippen LogP contribution in [0.4, 0.5) is 11.5 Å². The summed E-state index contributed by atoms with van der Waals surface area (Å²) in [5.74, 6) is 0.728. The predicted octanol–water partition coefficient (Wildman–Crippen LogP) is 3.79. The van der Waals surface area contributed by atoms with Crippen molar-refractivity contribution in [3.8, 4) is 16.9 Å². The van der Waals surface area contributed by atoms with E-state index in [4.69, 9.17) is 9.47 Å². The van der Waals surface area contributed by atoms with E-state index >= 15 is 0 Å². The molecule has 8 heteroatoms. The molecule has 0 radical (unpaired) electrons. The summed E-state index contributed by atoms with van der Waals surface area (Å²) in [6.45, 7) is 2.34. The molecule has 1 aromatic heterocycles. The molecule has 1 unspecified atom stereocenters. The maximum absolute atomic E-state index is 12.7. The van der Waals surface area contributed by atoms with Crippen LogP contribution in [0.5, 0.6) is 5.75 Å². The van der Waals surface area contributed by atoms with E-state index in [1.165, 1.54) is 5.56 Å².